The lowest BCUT2D eigenvalue weighted by Crippen LogP contribution is -2.33. The van der Waals surface area contributed by atoms with E-state index in [0.29, 0.717) is 0 Å². The van der Waals surface area contributed by atoms with Crippen LogP contribution in [0.5, 0.6) is 0 Å². The molecule has 1 rings (SSSR count). The Kier molecular flexibility index (Phi) is 4.57. The average Bonchev–Trinajstić information content (AvgIpc) is 2.22. The van der Waals surface area contributed by atoms with Crippen molar-refractivity contribution in [3.8, 4) is 0 Å². The summed E-state index contributed by atoms with van der Waals surface area (Å²) in [5.74, 6) is -2.16. The van der Waals surface area contributed by atoms with E-state index in [1.54, 1.807) is 0 Å². The van der Waals surface area contributed by atoms with Gasteiger partial charge in [-0.2, -0.15) is 0 Å². The first-order valence-electron chi connectivity index (χ1n) is 5.41. The number of benzene rings is 1. The van der Waals surface area contributed by atoms with Gasteiger partial charge in [-0.25, -0.2) is 8.78 Å². The van der Waals surface area contributed by atoms with Gasteiger partial charge in [0.1, 0.15) is 11.6 Å². The first-order valence-corrected chi connectivity index (χ1v) is 5.41. The van der Waals surface area contributed by atoms with Crippen molar-refractivity contribution in [2.24, 2.45) is 17.6 Å². The van der Waals surface area contributed by atoms with Crippen LogP contribution in [0.3, 0.4) is 0 Å². The molecule has 1 atom stereocenters. The van der Waals surface area contributed by atoms with E-state index in [4.69, 9.17) is 5.73 Å². The van der Waals surface area contributed by atoms with Gasteiger partial charge in [-0.3, -0.25) is 4.79 Å². The number of amides is 1. The molecular weight excluding hydrogens is 226 g/mol. The molecule has 1 amide bonds. The van der Waals surface area contributed by atoms with Crippen molar-refractivity contribution in [3.05, 3.63) is 29.8 Å². The maximum atomic E-state index is 13.3. The van der Waals surface area contributed by atoms with Crippen LogP contribution in [0.25, 0.3) is 0 Å². The number of anilines is 1. The summed E-state index contributed by atoms with van der Waals surface area (Å²) in [6.45, 7) is 3.91. The van der Waals surface area contributed by atoms with Gasteiger partial charge < -0.3 is 11.1 Å². The zero-order valence-corrected chi connectivity index (χ0v) is 9.84. The highest BCUT2D eigenvalue weighted by Crippen LogP contribution is 2.17. The fraction of sp³-hybridized carbons (Fsp3) is 0.417. The number of carbonyl (C=O) groups is 1. The monoisotopic (exact) mass is 242 g/mol. The molecule has 0 radical (unpaired) electrons. The topological polar surface area (TPSA) is 55.1 Å². The van der Waals surface area contributed by atoms with Crippen LogP contribution in [-0.4, -0.2) is 12.5 Å². The summed E-state index contributed by atoms with van der Waals surface area (Å²) < 4.78 is 26.0. The van der Waals surface area contributed by atoms with Gasteiger partial charge >= 0.3 is 0 Å². The van der Waals surface area contributed by atoms with E-state index in [0.717, 1.165) is 12.1 Å². The van der Waals surface area contributed by atoms with E-state index in [9.17, 15) is 13.6 Å². The quantitative estimate of drug-likeness (QED) is 0.849. The summed E-state index contributed by atoms with van der Waals surface area (Å²) >= 11 is 0. The molecule has 0 aromatic heterocycles. The molecule has 94 valence electrons. The third kappa shape index (κ3) is 3.49. The molecule has 5 heteroatoms. The van der Waals surface area contributed by atoms with Gasteiger partial charge in [0, 0.05) is 12.6 Å². The Morgan fingerprint density at radius 3 is 2.53 bits per heavy atom. The first kappa shape index (κ1) is 13.6. The summed E-state index contributed by atoms with van der Waals surface area (Å²) in [5, 5.41) is 2.41. The lowest BCUT2D eigenvalue weighted by Gasteiger charge is -2.18. The van der Waals surface area contributed by atoms with E-state index in [1.807, 2.05) is 13.8 Å². The van der Waals surface area contributed by atoms with Crippen LogP contribution in [0.1, 0.15) is 13.8 Å². The molecule has 0 saturated heterocycles. The minimum Gasteiger partial charge on any atom is -0.330 e. The normalized spacial score (nSPS) is 12.6. The van der Waals surface area contributed by atoms with E-state index >= 15 is 0 Å². The summed E-state index contributed by atoms with van der Waals surface area (Å²) in [6, 6.07) is 3.00. The van der Waals surface area contributed by atoms with Crippen LogP contribution in [-0.2, 0) is 4.79 Å². The minimum atomic E-state index is -0.794. The highest BCUT2D eigenvalue weighted by atomic mass is 19.1. The Balaban J connectivity index is 2.80. The van der Waals surface area contributed by atoms with Crippen LogP contribution >= 0.6 is 0 Å². The molecule has 0 aliphatic rings. The molecule has 0 heterocycles. The molecule has 0 saturated carbocycles. The van der Waals surface area contributed by atoms with Gasteiger partial charge in [0.05, 0.1) is 11.6 Å². The van der Waals surface area contributed by atoms with E-state index in [1.165, 1.54) is 6.07 Å². The van der Waals surface area contributed by atoms with E-state index in [-0.39, 0.29) is 30.0 Å². The standard InChI is InChI=1S/C12H16F2N2O/c1-7(2)9(6-15)12(17)16-11-4-3-8(13)5-10(11)14/h3-5,7,9H,6,15H2,1-2H3,(H,16,17). The van der Waals surface area contributed by atoms with Gasteiger partial charge in [0.15, 0.2) is 0 Å². The summed E-state index contributed by atoms with van der Waals surface area (Å²) in [6.07, 6.45) is 0. The average molecular weight is 242 g/mol. The molecule has 0 aliphatic carbocycles. The van der Waals surface area contributed by atoms with Crippen LogP contribution < -0.4 is 11.1 Å². The number of halogens is 2. The zero-order valence-electron chi connectivity index (χ0n) is 9.84. The summed E-state index contributed by atoms with van der Waals surface area (Å²) in [7, 11) is 0. The van der Waals surface area contributed by atoms with Crippen molar-refractivity contribution in [1.82, 2.24) is 0 Å². The van der Waals surface area contributed by atoms with Crippen LogP contribution in [0.15, 0.2) is 18.2 Å². The Labute approximate surface area is 99.0 Å². The second-order valence-corrected chi connectivity index (χ2v) is 4.20. The van der Waals surface area contributed by atoms with Gasteiger partial charge in [-0.1, -0.05) is 13.8 Å². The molecule has 1 aromatic rings. The minimum absolute atomic E-state index is 0.0319. The van der Waals surface area contributed by atoms with E-state index in [2.05, 4.69) is 5.32 Å². The maximum Gasteiger partial charge on any atom is 0.229 e. The van der Waals surface area contributed by atoms with Crippen molar-refractivity contribution in [2.45, 2.75) is 13.8 Å². The highest BCUT2D eigenvalue weighted by Gasteiger charge is 2.21. The molecule has 0 spiro atoms. The van der Waals surface area contributed by atoms with Crippen molar-refractivity contribution in [2.75, 3.05) is 11.9 Å². The summed E-state index contributed by atoms with van der Waals surface area (Å²) in [5.41, 5.74) is 5.44. The Morgan fingerprint density at radius 1 is 1.41 bits per heavy atom. The first-order chi connectivity index (χ1) is 7.95. The number of nitrogens with two attached hydrogens (primary N) is 1. The van der Waals surface area contributed by atoms with Crippen molar-refractivity contribution in [3.63, 3.8) is 0 Å². The molecule has 0 fully saturated rings. The van der Waals surface area contributed by atoms with Gasteiger partial charge in [0.25, 0.3) is 0 Å². The molecular formula is C12H16F2N2O. The third-order valence-corrected chi connectivity index (χ3v) is 2.58. The number of carbonyl (C=O) groups excluding carboxylic acids is 1. The third-order valence-electron chi connectivity index (χ3n) is 2.58. The van der Waals surface area contributed by atoms with Gasteiger partial charge in [-0.05, 0) is 18.1 Å². The number of rotatable bonds is 4. The zero-order chi connectivity index (χ0) is 13.0. The predicted molar refractivity (Wildman–Crippen MR) is 62.4 cm³/mol. The van der Waals surface area contributed by atoms with Crippen LogP contribution in [0, 0.1) is 23.5 Å². The van der Waals surface area contributed by atoms with Gasteiger partial charge in [0.2, 0.25) is 5.91 Å². The maximum absolute atomic E-state index is 13.3. The molecule has 3 nitrogen and oxygen atoms in total. The number of hydrogen-bond acceptors (Lipinski definition) is 2. The molecule has 0 bridgehead atoms. The second-order valence-electron chi connectivity index (χ2n) is 4.20. The van der Waals surface area contributed by atoms with E-state index < -0.39 is 11.6 Å². The van der Waals surface area contributed by atoms with Crippen LogP contribution in [0.2, 0.25) is 0 Å². The lowest BCUT2D eigenvalue weighted by molar-refractivity contribution is -0.120. The number of nitrogens with one attached hydrogen (secondary N) is 1. The molecule has 17 heavy (non-hydrogen) atoms. The predicted octanol–water partition coefficient (Wildman–Crippen LogP) is 2.13. The Hall–Kier alpha value is -1.49. The van der Waals surface area contributed by atoms with Crippen LogP contribution in [0.4, 0.5) is 14.5 Å². The molecule has 1 unspecified atom stereocenters. The number of hydrogen-bond donors (Lipinski definition) is 2. The highest BCUT2D eigenvalue weighted by molar-refractivity contribution is 5.92. The molecule has 0 aliphatic heterocycles. The molecule has 3 N–H and O–H groups in total. The smallest absolute Gasteiger partial charge is 0.229 e. The largest absolute Gasteiger partial charge is 0.330 e. The Morgan fingerprint density at radius 2 is 2.06 bits per heavy atom. The molecule has 1 aromatic carbocycles. The second kappa shape index (κ2) is 5.72. The van der Waals surface area contributed by atoms with Crippen molar-refractivity contribution < 1.29 is 13.6 Å². The van der Waals surface area contributed by atoms with Gasteiger partial charge in [-0.15, -0.1) is 0 Å². The fourth-order valence-corrected chi connectivity index (χ4v) is 1.50. The Bertz CT molecular complexity index is 407. The SMILES string of the molecule is CC(C)C(CN)C(=O)Nc1ccc(F)cc1F. The van der Waals surface area contributed by atoms with Crippen molar-refractivity contribution >= 4 is 11.6 Å². The lowest BCUT2D eigenvalue weighted by atomic mass is 9.95. The van der Waals surface area contributed by atoms with Crippen molar-refractivity contribution in [1.29, 1.82) is 0 Å². The fourth-order valence-electron chi connectivity index (χ4n) is 1.50. The summed E-state index contributed by atoms with van der Waals surface area (Å²) in [4.78, 5) is 11.8.